The maximum absolute atomic E-state index is 6.04. The van der Waals surface area contributed by atoms with Gasteiger partial charge < -0.3 is 9.13 Å². The monoisotopic (exact) mass is 1260 g/mol. The van der Waals surface area contributed by atoms with Crippen molar-refractivity contribution in [1.29, 1.82) is 0 Å². The topological polar surface area (TPSA) is 35.6 Å². The van der Waals surface area contributed by atoms with E-state index in [9.17, 15) is 0 Å². The molecule has 2 saturated carbocycles. The quantitative estimate of drug-likeness (QED) is 0.161. The third-order valence-electron chi connectivity index (χ3n) is 23.0. The lowest BCUT2D eigenvalue weighted by atomic mass is 9.34. The van der Waals surface area contributed by atoms with Gasteiger partial charge in [0.25, 0.3) is 6.71 Å². The number of rotatable bonds is 5. The third-order valence-corrected chi connectivity index (χ3v) is 23.0. The molecule has 0 spiro atoms. The van der Waals surface area contributed by atoms with Gasteiger partial charge in [0.05, 0.1) is 22.4 Å². The SMILES string of the molecule is CC(C)(C)c1cc(-c2cc(-c3cc4c5c(c3)-n3c6cc(C(C)(C)C)cc(C(C)(C)C)c6c6c(C7CCCCC7)ccc(c63)B5c3ccc(C5CCCCC5)c5c6c(C(C)(C)C)cc(C(C)(C)C)cc6n-4c35)nc(-c3cc(C(C)(C)C)cc(C(C)(C)C)c3)n2)cc(C(C)(C)C)c1. The first-order chi connectivity index (χ1) is 44.2. The molecule has 10 aromatic rings. The Balaban J connectivity index is 1.21. The molecule has 0 amide bonds. The van der Waals surface area contributed by atoms with Crippen LogP contribution in [0.3, 0.4) is 0 Å². The molecule has 2 aliphatic carbocycles. The van der Waals surface area contributed by atoms with Crippen LogP contribution in [0.5, 0.6) is 0 Å². The summed E-state index contributed by atoms with van der Waals surface area (Å²) < 4.78 is 5.66. The van der Waals surface area contributed by atoms with Crippen molar-refractivity contribution >= 4 is 66.7 Å². The smallest absolute Gasteiger partial charge is 0.252 e. The molecule has 5 heterocycles. The minimum atomic E-state index is -0.133. The van der Waals surface area contributed by atoms with Gasteiger partial charge in [-0.05, 0) is 207 Å². The van der Waals surface area contributed by atoms with Gasteiger partial charge in [0.2, 0.25) is 0 Å². The van der Waals surface area contributed by atoms with Crippen LogP contribution in [0, 0.1) is 0 Å². The van der Waals surface area contributed by atoms with Crippen LogP contribution in [-0.2, 0) is 43.3 Å². The van der Waals surface area contributed by atoms with E-state index < -0.39 is 0 Å². The van der Waals surface area contributed by atoms with E-state index in [2.05, 4.69) is 278 Å². The lowest BCUT2D eigenvalue weighted by Gasteiger charge is -2.35. The average molecular weight is 1260 g/mol. The van der Waals surface area contributed by atoms with Gasteiger partial charge in [-0.15, -0.1) is 0 Å². The van der Waals surface area contributed by atoms with E-state index in [0.29, 0.717) is 11.8 Å². The van der Waals surface area contributed by atoms with Crippen molar-refractivity contribution in [3.63, 3.8) is 0 Å². The van der Waals surface area contributed by atoms with Crippen molar-refractivity contribution in [3.05, 3.63) is 159 Å². The molecule has 0 unspecified atom stereocenters. The van der Waals surface area contributed by atoms with Crippen LogP contribution < -0.4 is 16.4 Å². The Morgan fingerprint density at radius 1 is 0.326 bits per heavy atom. The molecule has 0 atom stereocenters. The summed E-state index contributed by atoms with van der Waals surface area (Å²) in [5.41, 5.74) is 30.7. The first-order valence-corrected chi connectivity index (χ1v) is 36.9. The maximum Gasteiger partial charge on any atom is 0.252 e. The number of hydrogen-bond acceptors (Lipinski definition) is 2. The highest BCUT2D eigenvalue weighted by Crippen LogP contribution is 2.52. The second kappa shape index (κ2) is 21.9. The van der Waals surface area contributed by atoms with Gasteiger partial charge in [0, 0.05) is 60.6 Å². The van der Waals surface area contributed by atoms with Gasteiger partial charge in [-0.3, -0.25) is 0 Å². The standard InChI is InChI=1S/C90H111BN4/c1-83(2,3)57-39-54(40-58(45-57)84(4,5)6)69-51-70(93-82(92-69)56-41-59(85(7,8)9)46-60(42-56)86(10,11)12)55-43-73-79-74(44-55)95-72-50-62(88(16,17)18)48-66(90(22,23)24)78(72)76-64(53-33-29-26-30-34-53)36-38-68(81(76)95)91(79)67-37-35-63(52-31-27-25-28-32-52)75-77-65(89(19,20)21)47-61(87(13,14)15)49-71(77)94(73)80(67)75/h35-53H,25-34H2,1-24H3. The van der Waals surface area contributed by atoms with Crippen molar-refractivity contribution in [3.8, 4) is 45.3 Å². The highest BCUT2D eigenvalue weighted by Gasteiger charge is 2.45. The summed E-state index contributed by atoms with van der Waals surface area (Å²) in [4.78, 5) is 11.9. The number of nitrogens with zero attached hydrogens (tertiary/aromatic N) is 4. The molecule has 2 aliphatic heterocycles. The van der Waals surface area contributed by atoms with Crippen LogP contribution in [0.25, 0.3) is 88.9 Å². The molecule has 0 radical (unpaired) electrons. The number of fused-ring (bicyclic) bond motifs is 10. The van der Waals surface area contributed by atoms with E-state index in [-0.39, 0.29) is 50.0 Å². The van der Waals surface area contributed by atoms with E-state index in [1.165, 1.54) is 180 Å². The molecule has 494 valence electrons. The summed E-state index contributed by atoms with van der Waals surface area (Å²) in [5.74, 6) is 1.77. The van der Waals surface area contributed by atoms with Crippen LogP contribution >= 0.6 is 0 Å². The molecule has 95 heavy (non-hydrogen) atoms. The Morgan fingerprint density at radius 2 is 0.653 bits per heavy atom. The van der Waals surface area contributed by atoms with Gasteiger partial charge in [-0.25, -0.2) is 9.97 Å². The summed E-state index contributed by atoms with van der Waals surface area (Å²) in [7, 11) is 0. The summed E-state index contributed by atoms with van der Waals surface area (Å²) in [6.07, 6.45) is 12.7. The molecular formula is C90H111BN4. The van der Waals surface area contributed by atoms with Crippen LogP contribution in [-0.4, -0.2) is 25.8 Å². The Hall–Kier alpha value is -6.72. The van der Waals surface area contributed by atoms with E-state index >= 15 is 0 Å². The van der Waals surface area contributed by atoms with Crippen molar-refractivity contribution in [1.82, 2.24) is 19.1 Å². The lowest BCUT2D eigenvalue weighted by molar-refractivity contribution is 0.445. The van der Waals surface area contributed by atoms with Gasteiger partial charge in [-0.2, -0.15) is 0 Å². The van der Waals surface area contributed by atoms with Gasteiger partial charge in [0.1, 0.15) is 0 Å². The molecule has 5 heteroatoms. The van der Waals surface area contributed by atoms with Crippen molar-refractivity contribution in [2.75, 3.05) is 0 Å². The fourth-order valence-electron chi connectivity index (χ4n) is 17.2. The zero-order valence-electron chi connectivity index (χ0n) is 62.9. The van der Waals surface area contributed by atoms with Gasteiger partial charge >= 0.3 is 0 Å². The molecule has 4 nitrogen and oxygen atoms in total. The predicted octanol–water partition coefficient (Wildman–Crippen LogP) is 23.3. The highest BCUT2D eigenvalue weighted by molar-refractivity contribution is 7.00. The second-order valence-electron chi connectivity index (χ2n) is 38.5. The van der Waals surface area contributed by atoms with E-state index in [0.717, 1.165) is 33.9 Å². The molecule has 14 rings (SSSR count). The molecule has 0 saturated heterocycles. The van der Waals surface area contributed by atoms with E-state index in [1.54, 1.807) is 11.1 Å². The molecule has 4 aliphatic rings. The minimum Gasteiger partial charge on any atom is -0.310 e. The number of aromatic nitrogens is 4. The van der Waals surface area contributed by atoms with E-state index in [4.69, 9.17) is 9.97 Å². The fraction of sp³-hybridized carbons (Fsp3) is 0.489. The van der Waals surface area contributed by atoms with Crippen LogP contribution in [0.4, 0.5) is 0 Å². The number of hydrogen-bond donors (Lipinski definition) is 0. The average Bonchev–Trinajstić information content (AvgIpc) is 1.53. The van der Waals surface area contributed by atoms with Crippen LogP contribution in [0.2, 0.25) is 0 Å². The van der Waals surface area contributed by atoms with Gasteiger partial charge in [0.15, 0.2) is 5.82 Å². The minimum absolute atomic E-state index is 0.0164. The third kappa shape index (κ3) is 11.1. The van der Waals surface area contributed by atoms with Crippen LogP contribution in [0.15, 0.2) is 103 Å². The molecule has 2 fully saturated rings. The zero-order valence-corrected chi connectivity index (χ0v) is 62.9. The Kier molecular flexibility index (Phi) is 15.1. The van der Waals surface area contributed by atoms with Crippen LogP contribution in [0.1, 0.15) is 298 Å². The first kappa shape index (κ1) is 65.6. The zero-order chi connectivity index (χ0) is 68.1. The Labute approximate surface area is 572 Å². The molecule has 0 bridgehead atoms. The largest absolute Gasteiger partial charge is 0.310 e. The Bertz CT molecular complexity index is 4430. The second-order valence-corrected chi connectivity index (χ2v) is 38.5. The van der Waals surface area contributed by atoms with Crippen molar-refractivity contribution < 1.29 is 0 Å². The lowest BCUT2D eigenvalue weighted by Crippen LogP contribution is -2.59. The highest BCUT2D eigenvalue weighted by atomic mass is 15.0. The normalized spacial score (nSPS) is 16.3. The summed E-state index contributed by atoms with van der Waals surface area (Å²) >= 11 is 0. The van der Waals surface area contributed by atoms with Crippen molar-refractivity contribution in [2.24, 2.45) is 0 Å². The summed E-state index contributed by atoms with van der Waals surface area (Å²) in [5, 5.41) is 5.88. The molecule has 0 N–H and O–H groups in total. The number of benzene rings is 7. The molecular weight excluding hydrogens is 1150 g/mol. The molecule has 7 aromatic carbocycles. The van der Waals surface area contributed by atoms with Gasteiger partial charge in [-0.1, -0.05) is 253 Å². The van der Waals surface area contributed by atoms with Crippen molar-refractivity contribution in [2.45, 2.75) is 286 Å². The summed E-state index contributed by atoms with van der Waals surface area (Å²) in [6.45, 7) is 57.5. The van der Waals surface area contributed by atoms with E-state index in [1.807, 2.05) is 0 Å². The predicted molar refractivity (Wildman–Crippen MR) is 413 cm³/mol. The first-order valence-electron chi connectivity index (χ1n) is 36.9. The fourth-order valence-corrected chi connectivity index (χ4v) is 17.2. The summed E-state index contributed by atoms with van der Waals surface area (Å²) in [6, 6.07) is 43.2. The molecule has 3 aromatic heterocycles. The maximum atomic E-state index is 6.04. The Morgan fingerprint density at radius 3 is 0.989 bits per heavy atom.